The van der Waals surface area contributed by atoms with Gasteiger partial charge in [0.25, 0.3) is 0 Å². The van der Waals surface area contributed by atoms with Gasteiger partial charge >= 0.3 is 0 Å². The maximum Gasteiger partial charge on any atom is 0.169 e. The van der Waals surface area contributed by atoms with Crippen LogP contribution in [-0.4, -0.2) is 36.5 Å². The van der Waals surface area contributed by atoms with Gasteiger partial charge in [-0.25, -0.2) is 0 Å². The quantitative estimate of drug-likeness (QED) is 0.810. The first-order valence-corrected chi connectivity index (χ1v) is 6.20. The first kappa shape index (κ1) is 12.8. The van der Waals surface area contributed by atoms with Crippen molar-refractivity contribution in [3.05, 3.63) is 16.8 Å². The number of nitrogens with zero attached hydrogens (tertiary/aromatic N) is 4. The van der Waals surface area contributed by atoms with Crippen molar-refractivity contribution in [3.8, 4) is 6.07 Å². The third-order valence-electron chi connectivity index (χ3n) is 3.41. The van der Waals surface area contributed by atoms with Gasteiger partial charge in [-0.2, -0.15) is 10.4 Å². The molecule has 96 valence electrons. The fraction of sp³-hybridized carbons (Fsp3) is 0.615. The van der Waals surface area contributed by atoms with Crippen molar-refractivity contribution in [2.45, 2.75) is 32.8 Å². The van der Waals surface area contributed by atoms with Gasteiger partial charge in [0.05, 0.1) is 11.8 Å². The second kappa shape index (κ2) is 5.32. The Morgan fingerprint density at radius 1 is 1.44 bits per heavy atom. The first-order valence-electron chi connectivity index (χ1n) is 6.20. The first-order chi connectivity index (χ1) is 8.63. The van der Waals surface area contributed by atoms with Gasteiger partial charge in [-0.1, -0.05) is 0 Å². The Morgan fingerprint density at radius 3 is 2.83 bits per heavy atom. The maximum absolute atomic E-state index is 9.26. The molecule has 0 aromatic carbocycles. The molecular weight excluding hydrogens is 228 g/mol. The molecule has 1 fully saturated rings. The summed E-state index contributed by atoms with van der Waals surface area (Å²) >= 11 is 0. The molecule has 1 atom stereocenters. The van der Waals surface area contributed by atoms with Crippen LogP contribution in [0.4, 0.5) is 5.82 Å². The molecule has 5 heteroatoms. The highest BCUT2D eigenvalue weighted by Crippen LogP contribution is 2.22. The molecule has 0 spiro atoms. The fourth-order valence-electron chi connectivity index (χ4n) is 2.18. The van der Waals surface area contributed by atoms with Crippen LogP contribution in [0.2, 0.25) is 0 Å². The second-order valence-electron chi connectivity index (χ2n) is 4.74. The van der Waals surface area contributed by atoms with E-state index >= 15 is 0 Å². The molecule has 0 saturated carbocycles. The minimum absolute atomic E-state index is 0.241. The van der Waals surface area contributed by atoms with Gasteiger partial charge in [0.2, 0.25) is 0 Å². The molecule has 2 rings (SSSR count). The lowest BCUT2D eigenvalue weighted by molar-refractivity contribution is 0.116. The Balaban J connectivity index is 2.21. The molecule has 2 heterocycles. The van der Waals surface area contributed by atoms with Gasteiger partial charge in [-0.05, 0) is 32.3 Å². The van der Waals surface area contributed by atoms with Crippen molar-refractivity contribution in [2.24, 2.45) is 0 Å². The van der Waals surface area contributed by atoms with Crippen LogP contribution >= 0.6 is 0 Å². The molecule has 1 aliphatic heterocycles. The topological polar surface area (TPSA) is 62.0 Å². The molecule has 18 heavy (non-hydrogen) atoms. The molecule has 0 N–H and O–H groups in total. The normalized spacial score (nSPS) is 18.7. The Hall–Kier alpha value is -1.67. The Labute approximate surface area is 107 Å². The number of hydrogen-bond donors (Lipinski definition) is 0. The Kier molecular flexibility index (Phi) is 3.78. The van der Waals surface area contributed by atoms with Crippen LogP contribution in [0.15, 0.2) is 0 Å². The smallest absolute Gasteiger partial charge is 0.169 e. The van der Waals surface area contributed by atoms with Crippen molar-refractivity contribution >= 4 is 5.82 Å². The highest BCUT2D eigenvalue weighted by atomic mass is 16.5. The minimum atomic E-state index is 0.241. The minimum Gasteiger partial charge on any atom is -0.376 e. The Bertz CT molecular complexity index is 475. The summed E-state index contributed by atoms with van der Waals surface area (Å²) in [6, 6.07) is 2.23. The maximum atomic E-state index is 9.26. The van der Waals surface area contributed by atoms with Gasteiger partial charge < -0.3 is 9.64 Å². The zero-order valence-electron chi connectivity index (χ0n) is 11.1. The average molecular weight is 246 g/mol. The third kappa shape index (κ3) is 2.44. The van der Waals surface area contributed by atoms with E-state index < -0.39 is 0 Å². The predicted octanol–water partition coefficient (Wildman–Crippen LogP) is 1.58. The van der Waals surface area contributed by atoms with Crippen molar-refractivity contribution in [3.63, 3.8) is 0 Å². The molecule has 0 amide bonds. The molecule has 1 aromatic rings. The molecule has 1 saturated heterocycles. The lowest BCUT2D eigenvalue weighted by Gasteiger charge is -2.22. The van der Waals surface area contributed by atoms with Crippen LogP contribution in [0.3, 0.4) is 0 Å². The van der Waals surface area contributed by atoms with E-state index in [1.165, 1.54) is 0 Å². The number of anilines is 1. The summed E-state index contributed by atoms with van der Waals surface area (Å²) in [5.41, 5.74) is 2.32. The van der Waals surface area contributed by atoms with E-state index in [0.29, 0.717) is 11.4 Å². The van der Waals surface area contributed by atoms with E-state index in [1.54, 1.807) is 0 Å². The number of likely N-dealkylation sites (N-methyl/N-ethyl adjacent to an activating group) is 1. The van der Waals surface area contributed by atoms with Crippen LogP contribution in [0.25, 0.3) is 0 Å². The molecule has 1 unspecified atom stereocenters. The SMILES string of the molecule is Cc1nnc(N(C)CC2CCCO2)c(C#N)c1C. The van der Waals surface area contributed by atoms with Gasteiger partial charge in [0, 0.05) is 20.2 Å². The average Bonchev–Trinajstić information content (AvgIpc) is 2.85. The van der Waals surface area contributed by atoms with E-state index in [4.69, 9.17) is 4.74 Å². The lowest BCUT2D eigenvalue weighted by Crippen LogP contribution is -2.30. The number of nitriles is 1. The summed E-state index contributed by atoms with van der Waals surface area (Å²) in [5.74, 6) is 0.649. The van der Waals surface area contributed by atoms with E-state index in [0.717, 1.165) is 37.3 Å². The zero-order valence-corrected chi connectivity index (χ0v) is 11.1. The van der Waals surface area contributed by atoms with Crippen LogP contribution in [0, 0.1) is 25.2 Å². The molecule has 0 radical (unpaired) electrons. The summed E-state index contributed by atoms with van der Waals surface area (Å²) in [4.78, 5) is 1.97. The van der Waals surface area contributed by atoms with Gasteiger partial charge in [-0.15, -0.1) is 5.10 Å². The van der Waals surface area contributed by atoms with Crippen LogP contribution in [0.1, 0.15) is 29.7 Å². The largest absolute Gasteiger partial charge is 0.376 e. The Morgan fingerprint density at radius 2 is 2.22 bits per heavy atom. The predicted molar refractivity (Wildman–Crippen MR) is 68.5 cm³/mol. The molecular formula is C13H18N4O. The number of rotatable bonds is 3. The highest BCUT2D eigenvalue weighted by Gasteiger charge is 2.21. The fourth-order valence-corrected chi connectivity index (χ4v) is 2.18. The molecule has 0 bridgehead atoms. The van der Waals surface area contributed by atoms with Crippen molar-refractivity contribution in [2.75, 3.05) is 25.1 Å². The van der Waals surface area contributed by atoms with Crippen LogP contribution in [0.5, 0.6) is 0 Å². The van der Waals surface area contributed by atoms with Crippen molar-refractivity contribution < 1.29 is 4.74 Å². The second-order valence-corrected chi connectivity index (χ2v) is 4.74. The van der Waals surface area contributed by atoms with E-state index in [1.807, 2.05) is 25.8 Å². The van der Waals surface area contributed by atoms with E-state index in [-0.39, 0.29) is 6.10 Å². The number of aryl methyl sites for hydroxylation is 1. The van der Waals surface area contributed by atoms with Crippen molar-refractivity contribution in [1.29, 1.82) is 5.26 Å². The number of hydrogen-bond acceptors (Lipinski definition) is 5. The van der Waals surface area contributed by atoms with E-state index in [9.17, 15) is 5.26 Å². The van der Waals surface area contributed by atoms with E-state index in [2.05, 4.69) is 16.3 Å². The third-order valence-corrected chi connectivity index (χ3v) is 3.41. The summed E-state index contributed by atoms with van der Waals surface area (Å²) in [5, 5.41) is 17.5. The van der Waals surface area contributed by atoms with Gasteiger partial charge in [0.15, 0.2) is 5.82 Å². The van der Waals surface area contributed by atoms with Gasteiger partial charge in [-0.3, -0.25) is 0 Å². The van der Waals surface area contributed by atoms with Crippen LogP contribution < -0.4 is 4.90 Å². The van der Waals surface area contributed by atoms with Gasteiger partial charge in [0.1, 0.15) is 11.6 Å². The molecule has 5 nitrogen and oxygen atoms in total. The number of ether oxygens (including phenoxy) is 1. The number of aromatic nitrogens is 2. The molecule has 1 aromatic heterocycles. The highest BCUT2D eigenvalue weighted by molar-refractivity contribution is 5.57. The summed E-state index contributed by atoms with van der Waals surface area (Å²) in [6.07, 6.45) is 2.43. The standard InChI is InChI=1S/C13H18N4O/c1-9-10(2)15-16-13(12(9)7-14)17(3)8-11-5-4-6-18-11/h11H,4-6,8H2,1-3H3. The molecule has 0 aliphatic carbocycles. The summed E-state index contributed by atoms with van der Waals surface area (Å²) in [7, 11) is 1.93. The zero-order chi connectivity index (χ0) is 13.1. The summed E-state index contributed by atoms with van der Waals surface area (Å²) in [6.45, 7) is 5.37. The summed E-state index contributed by atoms with van der Waals surface area (Å²) < 4.78 is 5.60. The lowest BCUT2D eigenvalue weighted by atomic mass is 10.1. The monoisotopic (exact) mass is 246 g/mol. The van der Waals surface area contributed by atoms with Crippen molar-refractivity contribution in [1.82, 2.24) is 10.2 Å². The van der Waals surface area contributed by atoms with Crippen LogP contribution in [-0.2, 0) is 4.74 Å². The molecule has 1 aliphatic rings.